The molecule has 5 heteroatoms. The van der Waals surface area contributed by atoms with Crippen LogP contribution in [-0.2, 0) is 9.59 Å². The van der Waals surface area contributed by atoms with Crippen molar-refractivity contribution in [2.75, 3.05) is 13.1 Å². The predicted molar refractivity (Wildman–Crippen MR) is 79.2 cm³/mol. The van der Waals surface area contributed by atoms with Crippen molar-refractivity contribution in [2.45, 2.75) is 25.2 Å². The minimum atomic E-state index is -0.745. The van der Waals surface area contributed by atoms with Crippen LogP contribution in [0.4, 0.5) is 0 Å². The first-order valence-electron chi connectivity index (χ1n) is 7.33. The number of amides is 1. The fourth-order valence-electron chi connectivity index (χ4n) is 3.15. The summed E-state index contributed by atoms with van der Waals surface area (Å²) < 4.78 is 0. The van der Waals surface area contributed by atoms with Gasteiger partial charge in [-0.1, -0.05) is 23.7 Å². The summed E-state index contributed by atoms with van der Waals surface area (Å²) in [6.45, 7) is 1.13. The van der Waals surface area contributed by atoms with Crippen LogP contribution in [0.1, 0.15) is 30.7 Å². The highest BCUT2D eigenvalue weighted by molar-refractivity contribution is 6.30. The molecule has 1 saturated heterocycles. The third-order valence-electron chi connectivity index (χ3n) is 4.54. The number of aliphatic carboxylic acids is 1. The molecule has 1 N–H and O–H groups in total. The lowest BCUT2D eigenvalue weighted by Crippen LogP contribution is -2.41. The molecule has 2 fully saturated rings. The second-order valence-electron chi connectivity index (χ2n) is 5.94. The number of hydrogen-bond acceptors (Lipinski definition) is 2. The van der Waals surface area contributed by atoms with E-state index < -0.39 is 5.97 Å². The predicted octanol–water partition coefficient (Wildman–Crippen LogP) is 2.77. The Morgan fingerprint density at radius 3 is 2.57 bits per heavy atom. The molecule has 0 unspecified atom stereocenters. The summed E-state index contributed by atoms with van der Waals surface area (Å²) in [7, 11) is 0. The van der Waals surface area contributed by atoms with E-state index in [-0.39, 0.29) is 23.7 Å². The van der Waals surface area contributed by atoms with E-state index in [0.29, 0.717) is 31.0 Å². The minimum Gasteiger partial charge on any atom is -0.481 e. The third-order valence-corrected chi connectivity index (χ3v) is 4.78. The molecule has 21 heavy (non-hydrogen) atoms. The molecule has 0 aromatic heterocycles. The van der Waals surface area contributed by atoms with Gasteiger partial charge in [-0.2, -0.15) is 0 Å². The van der Waals surface area contributed by atoms with Crippen LogP contribution in [0, 0.1) is 11.8 Å². The Hall–Kier alpha value is -1.55. The molecule has 3 rings (SSSR count). The normalized spacial score (nSPS) is 25.7. The van der Waals surface area contributed by atoms with Gasteiger partial charge in [0.2, 0.25) is 5.91 Å². The summed E-state index contributed by atoms with van der Waals surface area (Å²) in [5, 5.41) is 9.69. The lowest BCUT2D eigenvalue weighted by atomic mass is 9.96. The molecule has 0 radical (unpaired) electrons. The molecule has 1 amide bonds. The number of carbonyl (C=O) groups is 2. The second-order valence-corrected chi connectivity index (χ2v) is 6.38. The minimum absolute atomic E-state index is 0.0462. The van der Waals surface area contributed by atoms with Crippen molar-refractivity contribution in [1.29, 1.82) is 0 Å². The van der Waals surface area contributed by atoms with Crippen molar-refractivity contribution in [3.63, 3.8) is 0 Å². The number of carbonyl (C=O) groups excluding carboxylic acids is 1. The van der Waals surface area contributed by atoms with E-state index in [1.165, 1.54) is 0 Å². The van der Waals surface area contributed by atoms with E-state index in [0.717, 1.165) is 12.0 Å². The van der Waals surface area contributed by atoms with Crippen molar-refractivity contribution in [2.24, 2.45) is 11.8 Å². The molecule has 1 aromatic rings. The average Bonchev–Trinajstić information content (AvgIpc) is 3.27. The number of piperidine rings is 1. The van der Waals surface area contributed by atoms with E-state index in [1.54, 1.807) is 0 Å². The zero-order valence-electron chi connectivity index (χ0n) is 11.7. The fourth-order valence-corrected chi connectivity index (χ4v) is 3.35. The number of rotatable bonds is 3. The summed E-state index contributed by atoms with van der Waals surface area (Å²) in [6, 6.07) is 7.69. The highest BCUT2D eigenvalue weighted by Crippen LogP contribution is 2.49. The second kappa shape index (κ2) is 5.68. The van der Waals surface area contributed by atoms with Crippen molar-refractivity contribution >= 4 is 23.5 Å². The number of nitrogens with zero attached hydrogens (tertiary/aromatic N) is 1. The number of likely N-dealkylation sites (tertiary alicyclic amines) is 1. The van der Waals surface area contributed by atoms with Crippen LogP contribution < -0.4 is 0 Å². The van der Waals surface area contributed by atoms with Crippen LogP contribution in [0.2, 0.25) is 5.02 Å². The van der Waals surface area contributed by atoms with E-state index in [2.05, 4.69) is 0 Å². The summed E-state index contributed by atoms with van der Waals surface area (Å²) in [6.07, 6.45) is 2.00. The molecule has 2 aliphatic rings. The van der Waals surface area contributed by atoms with Crippen LogP contribution in [0.5, 0.6) is 0 Å². The summed E-state index contributed by atoms with van der Waals surface area (Å²) in [5.41, 5.74) is 1.13. The summed E-state index contributed by atoms with van der Waals surface area (Å²) in [4.78, 5) is 25.2. The monoisotopic (exact) mass is 307 g/mol. The van der Waals surface area contributed by atoms with Crippen LogP contribution in [0.15, 0.2) is 24.3 Å². The molecule has 0 bridgehead atoms. The smallest absolute Gasteiger partial charge is 0.306 e. The van der Waals surface area contributed by atoms with Gasteiger partial charge in [-0.15, -0.1) is 0 Å². The van der Waals surface area contributed by atoms with Gasteiger partial charge in [0.05, 0.1) is 5.92 Å². The lowest BCUT2D eigenvalue weighted by molar-refractivity contribution is -0.146. The molecule has 1 saturated carbocycles. The SMILES string of the molecule is O=C(O)C1CCN(C(=O)[C@H]2C[C@@H]2c2cccc(Cl)c2)CC1. The molecule has 4 nitrogen and oxygen atoms in total. The van der Waals surface area contributed by atoms with Gasteiger partial charge in [-0.05, 0) is 42.9 Å². The maximum atomic E-state index is 12.5. The highest BCUT2D eigenvalue weighted by Gasteiger charge is 2.46. The van der Waals surface area contributed by atoms with E-state index in [9.17, 15) is 9.59 Å². The van der Waals surface area contributed by atoms with Gasteiger partial charge in [0.25, 0.3) is 0 Å². The topological polar surface area (TPSA) is 57.6 Å². The molecular weight excluding hydrogens is 290 g/mol. The van der Waals surface area contributed by atoms with Gasteiger partial charge in [-0.25, -0.2) is 0 Å². The van der Waals surface area contributed by atoms with Gasteiger partial charge in [0, 0.05) is 24.0 Å². The number of carboxylic acids is 1. The average molecular weight is 308 g/mol. The zero-order valence-corrected chi connectivity index (χ0v) is 12.4. The molecule has 1 aliphatic heterocycles. The van der Waals surface area contributed by atoms with Crippen LogP contribution in [0.25, 0.3) is 0 Å². The lowest BCUT2D eigenvalue weighted by Gasteiger charge is -2.30. The number of halogens is 1. The van der Waals surface area contributed by atoms with E-state index in [4.69, 9.17) is 16.7 Å². The third kappa shape index (κ3) is 3.05. The van der Waals surface area contributed by atoms with Gasteiger partial charge in [0.1, 0.15) is 0 Å². The zero-order chi connectivity index (χ0) is 15.0. The van der Waals surface area contributed by atoms with E-state index >= 15 is 0 Å². The fraction of sp³-hybridized carbons (Fsp3) is 0.500. The Balaban J connectivity index is 1.57. The Morgan fingerprint density at radius 2 is 1.95 bits per heavy atom. The van der Waals surface area contributed by atoms with Crippen LogP contribution >= 0.6 is 11.6 Å². The van der Waals surface area contributed by atoms with Crippen molar-refractivity contribution in [3.05, 3.63) is 34.9 Å². The van der Waals surface area contributed by atoms with Crippen molar-refractivity contribution < 1.29 is 14.7 Å². The van der Waals surface area contributed by atoms with Gasteiger partial charge >= 0.3 is 5.97 Å². The molecule has 112 valence electrons. The van der Waals surface area contributed by atoms with Gasteiger partial charge in [-0.3, -0.25) is 9.59 Å². The van der Waals surface area contributed by atoms with Crippen molar-refractivity contribution in [1.82, 2.24) is 4.90 Å². The maximum absolute atomic E-state index is 12.5. The number of benzene rings is 1. The standard InChI is InChI=1S/C16H18ClNO3/c17-12-3-1-2-11(8-12)13-9-14(13)15(19)18-6-4-10(5-7-18)16(20)21/h1-3,8,10,13-14H,4-7,9H2,(H,20,21)/t13-,14+/m1/s1. The highest BCUT2D eigenvalue weighted by atomic mass is 35.5. The van der Waals surface area contributed by atoms with Gasteiger partial charge < -0.3 is 10.0 Å². The largest absolute Gasteiger partial charge is 0.481 e. The van der Waals surface area contributed by atoms with Crippen LogP contribution in [0.3, 0.4) is 0 Å². The Kier molecular flexibility index (Phi) is 3.89. The first kappa shape index (κ1) is 14.4. The summed E-state index contributed by atoms with van der Waals surface area (Å²) in [5.74, 6) is -0.552. The first-order chi connectivity index (χ1) is 10.1. The summed E-state index contributed by atoms with van der Waals surface area (Å²) >= 11 is 5.99. The Labute approximate surface area is 128 Å². The van der Waals surface area contributed by atoms with Crippen molar-refractivity contribution in [3.8, 4) is 0 Å². The van der Waals surface area contributed by atoms with Crippen LogP contribution in [-0.4, -0.2) is 35.0 Å². The molecular formula is C16H18ClNO3. The molecule has 1 aromatic carbocycles. The van der Waals surface area contributed by atoms with E-state index in [1.807, 2.05) is 29.2 Å². The Morgan fingerprint density at radius 1 is 1.24 bits per heavy atom. The Bertz CT molecular complexity index is 566. The molecule has 0 spiro atoms. The quantitative estimate of drug-likeness (QED) is 0.934. The number of carboxylic acid groups (broad SMARTS) is 1. The number of hydrogen-bond donors (Lipinski definition) is 1. The van der Waals surface area contributed by atoms with Gasteiger partial charge in [0.15, 0.2) is 0 Å². The molecule has 1 aliphatic carbocycles. The molecule has 2 atom stereocenters. The molecule has 1 heterocycles. The first-order valence-corrected chi connectivity index (χ1v) is 7.71. The maximum Gasteiger partial charge on any atom is 0.306 e.